The Labute approximate surface area is 149 Å². The molecule has 2 aliphatic rings. The van der Waals surface area contributed by atoms with Crippen molar-refractivity contribution in [1.82, 2.24) is 10.7 Å². The van der Waals surface area contributed by atoms with Crippen LogP contribution in [0.4, 0.5) is 5.69 Å². The highest BCUT2D eigenvalue weighted by Crippen LogP contribution is 2.18. The second-order valence-electron chi connectivity index (χ2n) is 6.41. The van der Waals surface area contributed by atoms with Gasteiger partial charge in [-0.15, -0.1) is 0 Å². The van der Waals surface area contributed by atoms with Crippen molar-refractivity contribution in [2.24, 2.45) is 5.10 Å². The van der Waals surface area contributed by atoms with E-state index in [0.29, 0.717) is 11.2 Å². The lowest BCUT2D eigenvalue weighted by Gasteiger charge is -2.28. The molecule has 0 unspecified atom stereocenters. The fourth-order valence-corrected chi connectivity index (χ4v) is 3.43. The Morgan fingerprint density at radius 3 is 2.50 bits per heavy atom. The van der Waals surface area contributed by atoms with E-state index in [2.05, 4.69) is 45.0 Å². The van der Waals surface area contributed by atoms with Crippen molar-refractivity contribution in [3.05, 3.63) is 29.8 Å². The molecule has 0 amide bonds. The molecular weight excluding hydrogens is 320 g/mol. The Morgan fingerprint density at radius 2 is 1.83 bits per heavy atom. The lowest BCUT2D eigenvalue weighted by molar-refractivity contribution is 0.122. The number of nitrogens with zero attached hydrogens (tertiary/aromatic N) is 2. The van der Waals surface area contributed by atoms with Gasteiger partial charge in [-0.05, 0) is 49.7 Å². The molecule has 1 aromatic carbocycles. The van der Waals surface area contributed by atoms with Crippen LogP contribution in [-0.4, -0.2) is 43.2 Å². The van der Waals surface area contributed by atoms with Crippen LogP contribution in [0.1, 0.15) is 38.2 Å². The molecule has 1 saturated carbocycles. The zero-order valence-electron chi connectivity index (χ0n) is 14.3. The summed E-state index contributed by atoms with van der Waals surface area (Å²) in [6.07, 6.45) is 4.98. The second kappa shape index (κ2) is 8.44. The molecule has 2 fully saturated rings. The average Bonchev–Trinajstić information content (AvgIpc) is 3.13. The van der Waals surface area contributed by atoms with E-state index >= 15 is 0 Å². The molecule has 130 valence electrons. The largest absolute Gasteiger partial charge is 0.378 e. The first-order valence-corrected chi connectivity index (χ1v) is 9.17. The number of thiocarbonyl (C=S) groups is 1. The van der Waals surface area contributed by atoms with Gasteiger partial charge >= 0.3 is 0 Å². The van der Waals surface area contributed by atoms with Gasteiger partial charge in [0.05, 0.1) is 18.9 Å². The summed E-state index contributed by atoms with van der Waals surface area (Å²) in [7, 11) is 0. The number of benzene rings is 1. The molecule has 0 spiro atoms. The summed E-state index contributed by atoms with van der Waals surface area (Å²) >= 11 is 5.32. The normalized spacial score (nSPS) is 19.4. The summed E-state index contributed by atoms with van der Waals surface area (Å²) < 4.78 is 5.40. The maximum Gasteiger partial charge on any atom is 0.187 e. The van der Waals surface area contributed by atoms with Crippen molar-refractivity contribution in [1.29, 1.82) is 0 Å². The number of rotatable bonds is 4. The first-order valence-electron chi connectivity index (χ1n) is 8.76. The summed E-state index contributed by atoms with van der Waals surface area (Å²) in [5, 5.41) is 8.36. The molecule has 1 aromatic rings. The highest BCUT2D eigenvalue weighted by Gasteiger charge is 2.15. The van der Waals surface area contributed by atoms with Gasteiger partial charge in [0.25, 0.3) is 0 Å². The zero-order valence-corrected chi connectivity index (χ0v) is 15.1. The molecule has 0 aromatic heterocycles. The van der Waals surface area contributed by atoms with E-state index in [4.69, 9.17) is 17.0 Å². The number of hydrogen-bond donors (Lipinski definition) is 2. The molecule has 0 atom stereocenters. The third-order valence-electron chi connectivity index (χ3n) is 4.68. The number of hydrogen-bond acceptors (Lipinski definition) is 4. The van der Waals surface area contributed by atoms with Crippen LogP contribution in [0.3, 0.4) is 0 Å². The van der Waals surface area contributed by atoms with Gasteiger partial charge in [0.1, 0.15) is 0 Å². The average molecular weight is 347 g/mol. The topological polar surface area (TPSA) is 48.9 Å². The van der Waals surface area contributed by atoms with E-state index in [1.807, 2.05) is 6.92 Å². The molecule has 3 rings (SSSR count). The standard InChI is InChI=1S/C18H26N4OS/c1-14(20-21-18(24)19-16-4-2-3-5-16)15-6-8-17(9-7-15)22-10-12-23-13-11-22/h6-9,16H,2-5,10-13H2,1H3,(H2,19,21,24)/b20-14+. The number of nitrogens with one attached hydrogen (secondary N) is 2. The van der Waals surface area contributed by atoms with Crippen LogP contribution in [0.2, 0.25) is 0 Å². The van der Waals surface area contributed by atoms with E-state index in [1.54, 1.807) is 0 Å². The monoisotopic (exact) mass is 346 g/mol. The quantitative estimate of drug-likeness (QED) is 0.499. The van der Waals surface area contributed by atoms with E-state index in [0.717, 1.165) is 37.6 Å². The summed E-state index contributed by atoms with van der Waals surface area (Å²) in [4.78, 5) is 2.35. The minimum atomic E-state index is 0.508. The summed E-state index contributed by atoms with van der Waals surface area (Å²) in [6.45, 7) is 5.51. The molecule has 6 heteroatoms. The Bertz CT molecular complexity index is 575. The van der Waals surface area contributed by atoms with Crippen LogP contribution in [0.25, 0.3) is 0 Å². The fourth-order valence-electron chi connectivity index (χ4n) is 3.22. The van der Waals surface area contributed by atoms with Crippen LogP contribution in [0.15, 0.2) is 29.4 Å². The van der Waals surface area contributed by atoms with Gasteiger partial charge in [-0.2, -0.15) is 5.10 Å². The molecule has 1 heterocycles. The summed E-state index contributed by atoms with van der Waals surface area (Å²) in [5.74, 6) is 0. The van der Waals surface area contributed by atoms with Crippen molar-refractivity contribution in [2.45, 2.75) is 38.6 Å². The van der Waals surface area contributed by atoms with Crippen LogP contribution in [-0.2, 0) is 4.74 Å². The molecule has 1 saturated heterocycles. The third kappa shape index (κ3) is 4.68. The summed E-state index contributed by atoms with van der Waals surface area (Å²) in [5.41, 5.74) is 6.23. The highest BCUT2D eigenvalue weighted by atomic mass is 32.1. The van der Waals surface area contributed by atoms with Crippen LogP contribution >= 0.6 is 12.2 Å². The van der Waals surface area contributed by atoms with Gasteiger partial charge < -0.3 is 15.0 Å². The molecule has 1 aliphatic heterocycles. The summed E-state index contributed by atoms with van der Waals surface area (Å²) in [6, 6.07) is 9.02. The van der Waals surface area contributed by atoms with Gasteiger partial charge in [0, 0.05) is 24.8 Å². The minimum absolute atomic E-state index is 0.508. The zero-order chi connectivity index (χ0) is 16.8. The lowest BCUT2D eigenvalue weighted by atomic mass is 10.1. The van der Waals surface area contributed by atoms with Crippen LogP contribution in [0, 0.1) is 0 Å². The molecular formula is C18H26N4OS. The van der Waals surface area contributed by atoms with E-state index in [-0.39, 0.29) is 0 Å². The molecule has 1 aliphatic carbocycles. The Balaban J connectivity index is 1.53. The van der Waals surface area contributed by atoms with E-state index in [1.165, 1.54) is 31.4 Å². The number of morpholine rings is 1. The Hall–Kier alpha value is -1.66. The number of ether oxygens (including phenoxy) is 1. The Morgan fingerprint density at radius 1 is 1.17 bits per heavy atom. The maximum atomic E-state index is 5.40. The van der Waals surface area contributed by atoms with E-state index < -0.39 is 0 Å². The smallest absolute Gasteiger partial charge is 0.187 e. The fraction of sp³-hybridized carbons (Fsp3) is 0.556. The maximum absolute atomic E-state index is 5.40. The van der Waals surface area contributed by atoms with Crippen LogP contribution in [0.5, 0.6) is 0 Å². The predicted octanol–water partition coefficient (Wildman–Crippen LogP) is 2.65. The van der Waals surface area contributed by atoms with Gasteiger partial charge in [0.2, 0.25) is 0 Å². The van der Waals surface area contributed by atoms with Gasteiger partial charge in [0.15, 0.2) is 5.11 Å². The van der Waals surface area contributed by atoms with Gasteiger partial charge in [-0.3, -0.25) is 5.43 Å². The van der Waals surface area contributed by atoms with Crippen molar-refractivity contribution >= 4 is 28.7 Å². The minimum Gasteiger partial charge on any atom is -0.378 e. The SMILES string of the molecule is C/C(=N\NC(=S)NC1CCCC1)c1ccc(N2CCOCC2)cc1. The van der Waals surface area contributed by atoms with Crippen molar-refractivity contribution in [2.75, 3.05) is 31.2 Å². The third-order valence-corrected chi connectivity index (χ3v) is 4.89. The molecule has 2 N–H and O–H groups in total. The predicted molar refractivity (Wildman–Crippen MR) is 103 cm³/mol. The van der Waals surface area contributed by atoms with Gasteiger partial charge in [-0.25, -0.2) is 0 Å². The van der Waals surface area contributed by atoms with Crippen molar-refractivity contribution in [3.8, 4) is 0 Å². The molecule has 24 heavy (non-hydrogen) atoms. The first kappa shape index (κ1) is 17.2. The molecule has 5 nitrogen and oxygen atoms in total. The van der Waals surface area contributed by atoms with Gasteiger partial charge in [-0.1, -0.05) is 25.0 Å². The first-order chi connectivity index (χ1) is 11.7. The van der Waals surface area contributed by atoms with Crippen LogP contribution < -0.4 is 15.6 Å². The lowest BCUT2D eigenvalue weighted by Crippen LogP contribution is -2.38. The van der Waals surface area contributed by atoms with Crippen molar-refractivity contribution in [3.63, 3.8) is 0 Å². The number of anilines is 1. The Kier molecular flexibility index (Phi) is 6.04. The molecule has 0 bridgehead atoms. The highest BCUT2D eigenvalue weighted by molar-refractivity contribution is 7.80. The van der Waals surface area contributed by atoms with Crippen molar-refractivity contribution < 1.29 is 4.74 Å². The second-order valence-corrected chi connectivity index (χ2v) is 6.82. The number of hydrazone groups is 1. The van der Waals surface area contributed by atoms with E-state index in [9.17, 15) is 0 Å². The molecule has 0 radical (unpaired) electrons.